The van der Waals surface area contributed by atoms with Crippen LogP contribution >= 0.6 is 11.6 Å². The summed E-state index contributed by atoms with van der Waals surface area (Å²) in [5.74, 6) is -0.0377. The highest BCUT2D eigenvalue weighted by Gasteiger charge is 2.23. The lowest BCUT2D eigenvalue weighted by atomic mass is 10.0. The fraction of sp³-hybridized carbons (Fsp3) is 0.304. The Bertz CT molecular complexity index is 1150. The van der Waals surface area contributed by atoms with Gasteiger partial charge in [-0.25, -0.2) is 4.39 Å². The van der Waals surface area contributed by atoms with Gasteiger partial charge in [-0.05, 0) is 68.0 Å². The Kier molecular flexibility index (Phi) is 5.77. The molecule has 1 N–H and O–H groups in total. The third-order valence-electron chi connectivity index (χ3n) is 5.42. The Hall–Kier alpha value is -2.86. The summed E-state index contributed by atoms with van der Waals surface area (Å²) < 4.78 is 19.3. The predicted octanol–water partition coefficient (Wildman–Crippen LogP) is 4.77. The lowest BCUT2D eigenvalue weighted by Crippen LogP contribution is -2.43. The Morgan fingerprint density at radius 2 is 1.87 bits per heavy atom. The van der Waals surface area contributed by atoms with Gasteiger partial charge in [-0.15, -0.1) is 0 Å². The van der Waals surface area contributed by atoms with E-state index >= 15 is 0 Å². The standard InChI is InChI=1S/C23H22ClFN2O3/c1-14(23(29)27-9-3-2-4-10-27)30-16-6-8-17-19(12-16)22(28)26-13-20(17)18-7-5-15(25)11-21(18)24/h5-8,11-14H,2-4,9-10H2,1H3,(H,26,28). The van der Waals surface area contributed by atoms with Crippen LogP contribution in [-0.2, 0) is 4.79 Å². The van der Waals surface area contributed by atoms with Crippen LogP contribution in [0.1, 0.15) is 26.2 Å². The summed E-state index contributed by atoms with van der Waals surface area (Å²) in [6.07, 6.45) is 4.09. The number of aromatic amines is 1. The molecule has 1 fully saturated rings. The van der Waals surface area contributed by atoms with Gasteiger partial charge in [0.2, 0.25) is 0 Å². The van der Waals surface area contributed by atoms with E-state index in [1.165, 1.54) is 12.1 Å². The van der Waals surface area contributed by atoms with E-state index in [0.717, 1.165) is 32.4 Å². The molecule has 0 saturated carbocycles. The van der Waals surface area contributed by atoms with Gasteiger partial charge in [0.05, 0.1) is 10.4 Å². The van der Waals surface area contributed by atoms with E-state index in [9.17, 15) is 14.0 Å². The summed E-state index contributed by atoms with van der Waals surface area (Å²) in [5, 5.41) is 1.32. The Labute approximate surface area is 178 Å². The molecule has 1 aromatic heterocycles. The molecule has 2 aromatic carbocycles. The van der Waals surface area contributed by atoms with Crippen LogP contribution in [0.5, 0.6) is 5.75 Å². The summed E-state index contributed by atoms with van der Waals surface area (Å²) in [4.78, 5) is 29.6. The normalized spacial score (nSPS) is 15.2. The Morgan fingerprint density at radius 3 is 2.60 bits per heavy atom. The van der Waals surface area contributed by atoms with Crippen molar-refractivity contribution in [1.82, 2.24) is 9.88 Å². The molecule has 156 valence electrons. The second-order valence-corrected chi connectivity index (χ2v) is 7.92. The number of fused-ring (bicyclic) bond motifs is 1. The maximum Gasteiger partial charge on any atom is 0.263 e. The summed E-state index contributed by atoms with van der Waals surface area (Å²) in [6.45, 7) is 3.23. The maximum atomic E-state index is 13.4. The van der Waals surface area contributed by atoms with Crippen molar-refractivity contribution in [1.29, 1.82) is 0 Å². The molecule has 0 spiro atoms. The van der Waals surface area contributed by atoms with E-state index < -0.39 is 11.9 Å². The number of rotatable bonds is 4. The molecule has 1 aliphatic rings. The second kappa shape index (κ2) is 8.48. The molecule has 0 radical (unpaired) electrons. The van der Waals surface area contributed by atoms with Gasteiger partial charge in [-0.2, -0.15) is 0 Å². The van der Waals surface area contributed by atoms with Gasteiger partial charge in [0.15, 0.2) is 6.10 Å². The average Bonchev–Trinajstić information content (AvgIpc) is 2.75. The van der Waals surface area contributed by atoms with E-state index in [1.54, 1.807) is 37.4 Å². The van der Waals surface area contributed by atoms with Crippen LogP contribution in [0.25, 0.3) is 21.9 Å². The molecule has 1 unspecified atom stereocenters. The van der Waals surface area contributed by atoms with Crippen molar-refractivity contribution >= 4 is 28.3 Å². The third-order valence-corrected chi connectivity index (χ3v) is 5.74. The lowest BCUT2D eigenvalue weighted by molar-refractivity contribution is -0.138. The molecule has 1 aliphatic heterocycles. The minimum atomic E-state index is -0.644. The zero-order valence-electron chi connectivity index (χ0n) is 16.6. The first-order chi connectivity index (χ1) is 14.4. The molecule has 2 heterocycles. The van der Waals surface area contributed by atoms with Crippen LogP contribution in [0.15, 0.2) is 47.4 Å². The number of aromatic nitrogens is 1. The minimum Gasteiger partial charge on any atom is -0.481 e. The van der Waals surface area contributed by atoms with Crippen LogP contribution < -0.4 is 10.3 Å². The minimum absolute atomic E-state index is 0.0458. The first kappa shape index (κ1) is 20.4. The highest BCUT2D eigenvalue weighted by Crippen LogP contribution is 2.33. The Balaban J connectivity index is 1.65. The third kappa shape index (κ3) is 4.05. The van der Waals surface area contributed by atoms with Gasteiger partial charge in [0.1, 0.15) is 11.6 Å². The fourth-order valence-electron chi connectivity index (χ4n) is 3.87. The smallest absolute Gasteiger partial charge is 0.263 e. The molecule has 1 saturated heterocycles. The van der Waals surface area contributed by atoms with Crippen molar-refractivity contribution in [2.45, 2.75) is 32.3 Å². The van der Waals surface area contributed by atoms with E-state index in [2.05, 4.69) is 4.98 Å². The summed E-state index contributed by atoms with van der Waals surface area (Å²) >= 11 is 6.21. The number of carbonyl (C=O) groups excluding carboxylic acids is 1. The van der Waals surface area contributed by atoms with Gasteiger partial charge >= 0.3 is 0 Å². The number of pyridine rings is 1. The summed E-state index contributed by atoms with van der Waals surface area (Å²) in [5.41, 5.74) is 1.01. The Morgan fingerprint density at radius 1 is 1.10 bits per heavy atom. The first-order valence-corrected chi connectivity index (χ1v) is 10.4. The zero-order valence-corrected chi connectivity index (χ0v) is 17.3. The quantitative estimate of drug-likeness (QED) is 0.651. The number of H-pyrrole nitrogens is 1. The van der Waals surface area contributed by atoms with Crippen molar-refractivity contribution in [2.24, 2.45) is 0 Å². The average molecular weight is 429 g/mol. The highest BCUT2D eigenvalue weighted by atomic mass is 35.5. The summed E-state index contributed by atoms with van der Waals surface area (Å²) in [6, 6.07) is 9.24. The van der Waals surface area contributed by atoms with Gasteiger partial charge in [-0.3, -0.25) is 9.59 Å². The molecule has 1 amide bonds. The zero-order chi connectivity index (χ0) is 21.3. The van der Waals surface area contributed by atoms with Crippen molar-refractivity contribution in [3.8, 4) is 16.9 Å². The van der Waals surface area contributed by atoms with Crippen LogP contribution in [0.2, 0.25) is 5.02 Å². The van der Waals surface area contributed by atoms with Crippen molar-refractivity contribution in [2.75, 3.05) is 13.1 Å². The highest BCUT2D eigenvalue weighted by molar-refractivity contribution is 6.33. The van der Waals surface area contributed by atoms with Crippen molar-refractivity contribution < 1.29 is 13.9 Å². The first-order valence-electron chi connectivity index (χ1n) is 10.0. The SMILES string of the molecule is CC(Oc1ccc2c(-c3ccc(F)cc3Cl)c[nH]c(=O)c2c1)C(=O)N1CCCCC1. The second-order valence-electron chi connectivity index (χ2n) is 7.51. The molecule has 30 heavy (non-hydrogen) atoms. The number of nitrogens with zero attached hydrogens (tertiary/aromatic N) is 1. The number of carbonyl (C=O) groups is 1. The number of nitrogens with one attached hydrogen (secondary N) is 1. The van der Waals surface area contributed by atoms with Crippen molar-refractivity contribution in [3.63, 3.8) is 0 Å². The van der Waals surface area contributed by atoms with Crippen LogP contribution in [0.3, 0.4) is 0 Å². The molecule has 1 atom stereocenters. The molecule has 3 aromatic rings. The van der Waals surface area contributed by atoms with E-state index in [1.807, 2.05) is 4.90 Å². The van der Waals surface area contributed by atoms with Gasteiger partial charge in [-0.1, -0.05) is 11.6 Å². The molecule has 0 aliphatic carbocycles. The monoisotopic (exact) mass is 428 g/mol. The largest absolute Gasteiger partial charge is 0.481 e. The lowest BCUT2D eigenvalue weighted by Gasteiger charge is -2.29. The van der Waals surface area contributed by atoms with Crippen LogP contribution in [0.4, 0.5) is 4.39 Å². The van der Waals surface area contributed by atoms with E-state index in [-0.39, 0.29) is 16.5 Å². The van der Waals surface area contributed by atoms with E-state index in [0.29, 0.717) is 27.6 Å². The van der Waals surface area contributed by atoms with Gasteiger partial charge in [0, 0.05) is 30.4 Å². The maximum absolute atomic E-state index is 13.4. The number of amides is 1. The molecule has 5 nitrogen and oxygen atoms in total. The number of likely N-dealkylation sites (tertiary alicyclic amines) is 1. The number of piperidine rings is 1. The van der Waals surface area contributed by atoms with Gasteiger partial charge in [0.25, 0.3) is 11.5 Å². The number of halogens is 2. The molecular formula is C23H22ClFN2O3. The molecule has 0 bridgehead atoms. The van der Waals surface area contributed by atoms with Crippen LogP contribution in [0, 0.1) is 5.82 Å². The fourth-order valence-corrected chi connectivity index (χ4v) is 4.14. The molecular weight excluding hydrogens is 407 g/mol. The molecule has 4 rings (SSSR count). The summed E-state index contributed by atoms with van der Waals surface area (Å²) in [7, 11) is 0. The molecule has 7 heteroatoms. The number of benzene rings is 2. The predicted molar refractivity (Wildman–Crippen MR) is 115 cm³/mol. The number of hydrogen-bond donors (Lipinski definition) is 1. The number of ether oxygens (including phenoxy) is 1. The van der Waals surface area contributed by atoms with E-state index in [4.69, 9.17) is 16.3 Å². The van der Waals surface area contributed by atoms with Crippen molar-refractivity contribution in [3.05, 3.63) is 63.8 Å². The van der Waals surface area contributed by atoms with Gasteiger partial charge < -0.3 is 14.6 Å². The van der Waals surface area contributed by atoms with Crippen LogP contribution in [-0.4, -0.2) is 35.0 Å². The topological polar surface area (TPSA) is 62.4 Å². The number of hydrogen-bond acceptors (Lipinski definition) is 3.